The third-order valence-electron chi connectivity index (χ3n) is 3.93. The topological polar surface area (TPSA) is 72.0 Å². The average molecular weight is 325 g/mol. The molecule has 1 aliphatic rings. The maximum absolute atomic E-state index is 11.8. The number of hydrogen-bond donors (Lipinski definition) is 1. The maximum Gasteiger partial charge on any atom is 0.157 e. The van der Waals surface area contributed by atoms with Gasteiger partial charge in [-0.1, -0.05) is 0 Å². The molecule has 0 fully saturated rings. The minimum atomic E-state index is -3.20. The Morgan fingerprint density at radius 1 is 1.33 bits per heavy atom. The van der Waals surface area contributed by atoms with Crippen LogP contribution < -0.4 is 5.32 Å². The predicted molar refractivity (Wildman–Crippen MR) is 86.9 cm³/mol. The Morgan fingerprint density at radius 3 is 2.76 bits per heavy atom. The van der Waals surface area contributed by atoms with Crippen LogP contribution in [0.15, 0.2) is 0 Å². The van der Waals surface area contributed by atoms with Crippen LogP contribution >= 0.6 is 11.3 Å². The Morgan fingerprint density at radius 2 is 2.10 bits per heavy atom. The van der Waals surface area contributed by atoms with Crippen molar-refractivity contribution in [1.82, 2.24) is 9.97 Å². The SMILES string of the molecule is CCNc1nc(C(C)S(C)(=O)=O)nc2sc3c(c12)CCC3. The number of rotatable bonds is 4. The van der Waals surface area contributed by atoms with Gasteiger partial charge in [-0.05, 0) is 38.7 Å². The summed E-state index contributed by atoms with van der Waals surface area (Å²) in [5.74, 6) is 1.17. The molecule has 3 rings (SSSR count). The number of nitrogens with one attached hydrogen (secondary N) is 1. The number of aryl methyl sites for hydroxylation is 2. The molecule has 1 aliphatic carbocycles. The normalized spacial score (nSPS) is 16.1. The number of hydrogen-bond acceptors (Lipinski definition) is 6. The van der Waals surface area contributed by atoms with Gasteiger partial charge in [0.15, 0.2) is 9.84 Å². The van der Waals surface area contributed by atoms with Gasteiger partial charge in [-0.25, -0.2) is 18.4 Å². The molecule has 7 heteroatoms. The molecule has 0 spiro atoms. The summed E-state index contributed by atoms with van der Waals surface area (Å²) in [7, 11) is -3.20. The highest BCUT2D eigenvalue weighted by molar-refractivity contribution is 7.90. The Labute approximate surface area is 128 Å². The van der Waals surface area contributed by atoms with Gasteiger partial charge in [0.25, 0.3) is 0 Å². The minimum absolute atomic E-state index is 0.390. The monoisotopic (exact) mass is 325 g/mol. The second-order valence-electron chi connectivity index (χ2n) is 5.47. The zero-order chi connectivity index (χ0) is 15.2. The fourth-order valence-corrected chi connectivity index (χ4v) is 4.44. The third kappa shape index (κ3) is 2.53. The van der Waals surface area contributed by atoms with Gasteiger partial charge in [-0.15, -0.1) is 11.3 Å². The van der Waals surface area contributed by atoms with Crippen LogP contribution in [0.4, 0.5) is 5.82 Å². The fourth-order valence-electron chi connectivity index (χ4n) is 2.68. The maximum atomic E-state index is 11.8. The molecule has 2 heterocycles. The van der Waals surface area contributed by atoms with Crippen molar-refractivity contribution in [1.29, 1.82) is 0 Å². The molecule has 5 nitrogen and oxygen atoms in total. The molecule has 0 amide bonds. The Balaban J connectivity index is 2.22. The summed E-state index contributed by atoms with van der Waals surface area (Å²) >= 11 is 1.68. The minimum Gasteiger partial charge on any atom is -0.370 e. The standard InChI is InChI=1S/C14H19N3O2S2/c1-4-15-13-11-9-6-5-7-10(9)20-14(11)17-12(16-13)8(2)21(3,18)19/h8H,4-7H2,1-3H3,(H,15,16,17). The van der Waals surface area contributed by atoms with E-state index in [4.69, 9.17) is 0 Å². The van der Waals surface area contributed by atoms with E-state index in [1.165, 1.54) is 23.1 Å². The summed E-state index contributed by atoms with van der Waals surface area (Å²) in [5.41, 5.74) is 1.35. The lowest BCUT2D eigenvalue weighted by Gasteiger charge is -2.12. The molecule has 0 saturated heterocycles. The van der Waals surface area contributed by atoms with Crippen molar-refractivity contribution in [3.05, 3.63) is 16.3 Å². The van der Waals surface area contributed by atoms with Crippen LogP contribution in [0, 0.1) is 0 Å². The summed E-state index contributed by atoms with van der Waals surface area (Å²) < 4.78 is 23.6. The molecule has 0 aliphatic heterocycles. The zero-order valence-corrected chi connectivity index (χ0v) is 14.1. The van der Waals surface area contributed by atoms with E-state index in [1.807, 2.05) is 6.92 Å². The quantitative estimate of drug-likeness (QED) is 0.936. The fraction of sp³-hybridized carbons (Fsp3) is 0.571. The molecule has 0 radical (unpaired) electrons. The van der Waals surface area contributed by atoms with E-state index in [0.29, 0.717) is 5.82 Å². The first-order valence-electron chi connectivity index (χ1n) is 7.16. The van der Waals surface area contributed by atoms with E-state index in [1.54, 1.807) is 18.3 Å². The molecule has 2 aromatic rings. The van der Waals surface area contributed by atoms with Crippen molar-refractivity contribution in [2.24, 2.45) is 0 Å². The number of anilines is 1. The lowest BCUT2D eigenvalue weighted by molar-refractivity contribution is 0.589. The molecule has 114 valence electrons. The number of nitrogens with zero attached hydrogens (tertiary/aromatic N) is 2. The zero-order valence-electron chi connectivity index (χ0n) is 12.4. The number of sulfone groups is 1. The summed E-state index contributed by atoms with van der Waals surface area (Å²) in [6.45, 7) is 4.41. The van der Waals surface area contributed by atoms with E-state index in [-0.39, 0.29) is 0 Å². The highest BCUT2D eigenvalue weighted by atomic mass is 32.2. The Bertz CT molecular complexity index is 796. The lowest BCUT2D eigenvalue weighted by Crippen LogP contribution is -2.13. The van der Waals surface area contributed by atoms with Gasteiger partial charge in [0, 0.05) is 17.7 Å². The van der Waals surface area contributed by atoms with Crippen molar-refractivity contribution in [2.75, 3.05) is 18.1 Å². The van der Waals surface area contributed by atoms with Gasteiger partial charge in [0.2, 0.25) is 0 Å². The summed E-state index contributed by atoms with van der Waals surface area (Å²) in [5, 5.41) is 3.69. The lowest BCUT2D eigenvalue weighted by atomic mass is 10.2. The van der Waals surface area contributed by atoms with Gasteiger partial charge in [0.1, 0.15) is 21.7 Å². The Hall–Kier alpha value is -1.21. The van der Waals surface area contributed by atoms with Crippen LogP contribution in [0.2, 0.25) is 0 Å². The summed E-state index contributed by atoms with van der Waals surface area (Å²) in [6, 6.07) is 0. The molecule has 1 atom stereocenters. The third-order valence-corrected chi connectivity index (χ3v) is 6.61. The molecule has 0 bridgehead atoms. The molecular weight excluding hydrogens is 306 g/mol. The summed E-state index contributed by atoms with van der Waals surface area (Å²) in [4.78, 5) is 11.3. The molecule has 1 unspecified atom stereocenters. The van der Waals surface area contributed by atoms with Gasteiger partial charge in [-0.2, -0.15) is 0 Å². The Kier molecular flexibility index (Phi) is 3.65. The van der Waals surface area contributed by atoms with Gasteiger partial charge in [0.05, 0.1) is 5.39 Å². The largest absolute Gasteiger partial charge is 0.370 e. The molecular formula is C14H19N3O2S2. The predicted octanol–water partition coefficient (Wildman–Crippen LogP) is 2.72. The molecule has 2 aromatic heterocycles. The highest BCUT2D eigenvalue weighted by Gasteiger charge is 2.26. The van der Waals surface area contributed by atoms with Gasteiger partial charge >= 0.3 is 0 Å². The first-order valence-corrected chi connectivity index (χ1v) is 9.93. The number of aromatic nitrogens is 2. The van der Waals surface area contributed by atoms with Crippen molar-refractivity contribution < 1.29 is 8.42 Å². The van der Waals surface area contributed by atoms with E-state index in [2.05, 4.69) is 15.3 Å². The highest BCUT2D eigenvalue weighted by Crippen LogP contribution is 2.40. The van der Waals surface area contributed by atoms with Crippen LogP contribution in [0.5, 0.6) is 0 Å². The van der Waals surface area contributed by atoms with Crippen LogP contribution in [-0.4, -0.2) is 31.2 Å². The van der Waals surface area contributed by atoms with E-state index in [9.17, 15) is 8.42 Å². The molecule has 21 heavy (non-hydrogen) atoms. The second-order valence-corrected chi connectivity index (χ2v) is 8.92. The van der Waals surface area contributed by atoms with E-state index < -0.39 is 15.1 Å². The molecule has 0 saturated carbocycles. The van der Waals surface area contributed by atoms with Crippen LogP contribution in [0.1, 0.15) is 41.8 Å². The van der Waals surface area contributed by atoms with E-state index >= 15 is 0 Å². The van der Waals surface area contributed by atoms with Crippen molar-refractivity contribution in [3.63, 3.8) is 0 Å². The van der Waals surface area contributed by atoms with Gasteiger partial charge in [-0.3, -0.25) is 0 Å². The molecule has 0 aromatic carbocycles. The average Bonchev–Trinajstić information content (AvgIpc) is 2.96. The second kappa shape index (κ2) is 5.21. The summed E-state index contributed by atoms with van der Waals surface area (Å²) in [6.07, 6.45) is 4.58. The van der Waals surface area contributed by atoms with Crippen LogP contribution in [0.25, 0.3) is 10.2 Å². The first-order chi connectivity index (χ1) is 9.91. The van der Waals surface area contributed by atoms with Crippen molar-refractivity contribution in [3.8, 4) is 0 Å². The van der Waals surface area contributed by atoms with E-state index in [0.717, 1.165) is 35.4 Å². The number of thiophene rings is 1. The van der Waals surface area contributed by atoms with Crippen LogP contribution in [-0.2, 0) is 22.7 Å². The van der Waals surface area contributed by atoms with Crippen molar-refractivity contribution >= 4 is 37.2 Å². The molecule has 1 N–H and O–H groups in total. The van der Waals surface area contributed by atoms with Crippen molar-refractivity contribution in [2.45, 2.75) is 38.4 Å². The number of fused-ring (bicyclic) bond motifs is 3. The smallest absolute Gasteiger partial charge is 0.157 e. The van der Waals surface area contributed by atoms with Crippen LogP contribution in [0.3, 0.4) is 0 Å². The van der Waals surface area contributed by atoms with Gasteiger partial charge < -0.3 is 5.32 Å². The first kappa shape index (κ1) is 14.7.